The molecule has 0 saturated heterocycles. The number of H-pyrrole nitrogens is 1. The van der Waals surface area contributed by atoms with E-state index in [-0.39, 0.29) is 11.9 Å². The van der Waals surface area contributed by atoms with E-state index in [0.29, 0.717) is 12.1 Å². The summed E-state index contributed by atoms with van der Waals surface area (Å²) >= 11 is 0. The Morgan fingerprint density at radius 2 is 1.80 bits per heavy atom. The normalized spacial score (nSPS) is 14.5. The van der Waals surface area contributed by atoms with Gasteiger partial charge in [-0.1, -0.05) is 6.92 Å². The highest BCUT2D eigenvalue weighted by Crippen LogP contribution is 2.35. The summed E-state index contributed by atoms with van der Waals surface area (Å²) in [6.07, 6.45) is 12.7. The Morgan fingerprint density at radius 1 is 0.971 bits per heavy atom. The summed E-state index contributed by atoms with van der Waals surface area (Å²) in [5.41, 5.74) is 13.4. The van der Waals surface area contributed by atoms with E-state index in [1.165, 1.54) is 0 Å². The molecule has 6 heterocycles. The lowest BCUT2D eigenvalue weighted by Gasteiger charge is -2.09. The number of imidazole rings is 1. The summed E-state index contributed by atoms with van der Waals surface area (Å²) in [6, 6.07) is 7.58. The van der Waals surface area contributed by atoms with Crippen LogP contribution in [0.4, 0.5) is 11.5 Å². The van der Waals surface area contributed by atoms with E-state index >= 15 is 0 Å². The summed E-state index contributed by atoms with van der Waals surface area (Å²) in [5, 5.41) is 2.85. The Kier molecular flexibility index (Phi) is 5.12. The van der Waals surface area contributed by atoms with Gasteiger partial charge in [0.25, 0.3) is 0 Å². The van der Waals surface area contributed by atoms with Crippen LogP contribution in [0.1, 0.15) is 30.8 Å². The number of hydrazine groups is 1. The summed E-state index contributed by atoms with van der Waals surface area (Å²) < 4.78 is 0. The third-order valence-corrected chi connectivity index (χ3v) is 5.92. The molecule has 0 fully saturated rings. The Bertz CT molecular complexity index is 1550. The smallest absolute Gasteiger partial charge is 0.224 e. The number of aromatic nitrogens is 6. The van der Waals surface area contributed by atoms with Gasteiger partial charge in [0.1, 0.15) is 17.7 Å². The van der Waals surface area contributed by atoms with E-state index in [4.69, 9.17) is 4.98 Å². The molecule has 0 saturated carbocycles. The molecule has 1 amide bonds. The van der Waals surface area contributed by atoms with Gasteiger partial charge < -0.3 is 15.7 Å². The number of carbonyl (C=O) groups excluding carboxylic acids is 1. The van der Waals surface area contributed by atoms with Crippen molar-refractivity contribution in [1.29, 1.82) is 0 Å². The average molecular weight is 464 g/mol. The Hall–Kier alpha value is -4.70. The van der Waals surface area contributed by atoms with Crippen molar-refractivity contribution in [2.24, 2.45) is 0 Å². The number of nitrogens with zero attached hydrogens (tertiary/aromatic N) is 5. The van der Waals surface area contributed by atoms with E-state index in [9.17, 15) is 4.79 Å². The highest BCUT2D eigenvalue weighted by atomic mass is 16.1. The van der Waals surface area contributed by atoms with Crippen molar-refractivity contribution in [3.05, 3.63) is 79.0 Å². The summed E-state index contributed by atoms with van der Waals surface area (Å²) in [7, 11) is 0. The van der Waals surface area contributed by atoms with E-state index in [1.54, 1.807) is 37.2 Å². The predicted octanol–water partition coefficient (Wildman–Crippen LogP) is 3.84. The van der Waals surface area contributed by atoms with Crippen LogP contribution in [0.25, 0.3) is 33.3 Å². The van der Waals surface area contributed by atoms with Crippen LogP contribution in [0.2, 0.25) is 0 Å². The monoisotopic (exact) mass is 463 g/mol. The first-order chi connectivity index (χ1) is 17.2. The molecule has 0 spiro atoms. The fourth-order valence-electron chi connectivity index (χ4n) is 4.15. The van der Waals surface area contributed by atoms with Crippen molar-refractivity contribution >= 4 is 28.4 Å². The minimum atomic E-state index is -0.244. The number of pyridine rings is 4. The molecular weight excluding hydrogens is 442 g/mol. The third kappa shape index (κ3) is 3.85. The van der Waals surface area contributed by atoms with Gasteiger partial charge in [0.15, 0.2) is 0 Å². The molecule has 5 aromatic rings. The molecule has 1 unspecified atom stereocenters. The molecule has 0 aromatic carbocycles. The van der Waals surface area contributed by atoms with Crippen LogP contribution in [0, 0.1) is 0 Å². The van der Waals surface area contributed by atoms with Gasteiger partial charge in [0.2, 0.25) is 5.91 Å². The quantitative estimate of drug-likeness (QED) is 0.309. The van der Waals surface area contributed by atoms with E-state index in [0.717, 1.165) is 50.5 Å². The summed E-state index contributed by atoms with van der Waals surface area (Å²) in [4.78, 5) is 37.5. The number of rotatable bonds is 5. The van der Waals surface area contributed by atoms with Crippen molar-refractivity contribution in [2.45, 2.75) is 19.4 Å². The largest absolute Gasteiger partial charge is 0.339 e. The molecule has 1 aliphatic rings. The van der Waals surface area contributed by atoms with E-state index in [1.807, 2.05) is 31.3 Å². The lowest BCUT2D eigenvalue weighted by Crippen LogP contribution is -2.20. The molecule has 1 atom stereocenters. The molecular formula is C25H21N9O. The second-order valence-electron chi connectivity index (χ2n) is 8.17. The fourth-order valence-corrected chi connectivity index (χ4v) is 4.15. The number of amides is 1. The first-order valence-electron chi connectivity index (χ1n) is 11.2. The van der Waals surface area contributed by atoms with E-state index < -0.39 is 0 Å². The first kappa shape index (κ1) is 20.9. The zero-order valence-corrected chi connectivity index (χ0v) is 18.8. The molecule has 4 N–H and O–H groups in total. The van der Waals surface area contributed by atoms with Crippen LogP contribution in [0.15, 0.2) is 67.6 Å². The maximum atomic E-state index is 11.8. The maximum absolute atomic E-state index is 11.8. The number of fused-ring (bicyclic) bond motifs is 2. The van der Waals surface area contributed by atoms with Gasteiger partial charge in [-0.05, 0) is 29.8 Å². The molecule has 0 radical (unpaired) electrons. The van der Waals surface area contributed by atoms with Crippen molar-refractivity contribution in [1.82, 2.24) is 35.3 Å². The summed E-state index contributed by atoms with van der Waals surface area (Å²) in [6.45, 7) is 1.81. The Balaban J connectivity index is 1.37. The molecule has 35 heavy (non-hydrogen) atoms. The topological polar surface area (TPSA) is 133 Å². The molecule has 0 aliphatic carbocycles. The molecule has 10 heteroatoms. The zero-order valence-electron chi connectivity index (χ0n) is 18.8. The fraction of sp³-hybridized carbons (Fsp3) is 0.120. The van der Waals surface area contributed by atoms with Crippen LogP contribution in [0.5, 0.6) is 0 Å². The van der Waals surface area contributed by atoms with Crippen LogP contribution in [0.3, 0.4) is 0 Å². The maximum Gasteiger partial charge on any atom is 0.224 e. The molecule has 5 aromatic heterocycles. The van der Waals surface area contributed by atoms with Crippen LogP contribution < -0.4 is 16.2 Å². The van der Waals surface area contributed by atoms with Gasteiger partial charge in [0.05, 0.1) is 29.1 Å². The van der Waals surface area contributed by atoms with Crippen molar-refractivity contribution in [3.63, 3.8) is 0 Å². The second-order valence-corrected chi connectivity index (χ2v) is 8.17. The van der Waals surface area contributed by atoms with Gasteiger partial charge >= 0.3 is 0 Å². The van der Waals surface area contributed by atoms with E-state index in [2.05, 4.69) is 47.2 Å². The van der Waals surface area contributed by atoms with Gasteiger partial charge in [-0.25, -0.2) is 15.4 Å². The second kappa shape index (κ2) is 8.58. The molecule has 6 rings (SSSR count). The highest BCUT2D eigenvalue weighted by molar-refractivity contribution is 5.92. The number of hydrogen-bond acceptors (Lipinski definition) is 8. The van der Waals surface area contributed by atoms with Gasteiger partial charge in [-0.2, -0.15) is 0 Å². The predicted molar refractivity (Wildman–Crippen MR) is 132 cm³/mol. The highest BCUT2D eigenvalue weighted by Gasteiger charge is 2.28. The average Bonchev–Trinajstić information content (AvgIpc) is 3.53. The number of nitrogens with one attached hydrogen (secondary N) is 4. The minimum absolute atomic E-state index is 0.0602. The van der Waals surface area contributed by atoms with Gasteiger partial charge in [0, 0.05) is 59.7 Å². The molecule has 172 valence electrons. The number of anilines is 2. The number of carbonyl (C=O) groups is 1. The van der Waals surface area contributed by atoms with Gasteiger partial charge in [-0.15, -0.1) is 0 Å². The van der Waals surface area contributed by atoms with Crippen LogP contribution in [-0.4, -0.2) is 35.8 Å². The van der Waals surface area contributed by atoms with Crippen LogP contribution in [-0.2, 0) is 4.79 Å². The molecule has 1 aliphatic heterocycles. The zero-order chi connectivity index (χ0) is 23.8. The van der Waals surface area contributed by atoms with Crippen molar-refractivity contribution < 1.29 is 4.79 Å². The summed E-state index contributed by atoms with van der Waals surface area (Å²) in [5.74, 6) is 1.42. The SMILES string of the molecule is CCC(=O)Nc1cncc(-c2cnc3c(c2)C(c2nc4c(-c5ccncc5)cncc4[nH]2)NN3)c1. The molecule has 10 nitrogen and oxygen atoms in total. The minimum Gasteiger partial charge on any atom is -0.339 e. The lowest BCUT2D eigenvalue weighted by atomic mass is 10.0. The lowest BCUT2D eigenvalue weighted by molar-refractivity contribution is -0.115. The van der Waals surface area contributed by atoms with Crippen molar-refractivity contribution in [2.75, 3.05) is 10.7 Å². The first-order valence-corrected chi connectivity index (χ1v) is 11.2. The third-order valence-electron chi connectivity index (χ3n) is 5.92. The van der Waals surface area contributed by atoms with Crippen molar-refractivity contribution in [3.8, 4) is 22.3 Å². The Labute approximate surface area is 200 Å². The standard InChI is InChI=1S/C25H21N9O/c1-2-21(35)30-17-7-15(9-27-11-17)16-8-18-23(33-34-24(18)29-10-16)25-31-20-13-28-12-19(22(20)32-25)14-3-5-26-6-4-14/h3-13,23,33H,2H2,1H3,(H,29,34)(H,30,35)(H,31,32). The molecule has 0 bridgehead atoms. The number of aromatic amines is 1. The van der Waals surface area contributed by atoms with Gasteiger partial charge in [-0.3, -0.25) is 19.7 Å². The number of hydrogen-bond donors (Lipinski definition) is 4. The van der Waals surface area contributed by atoms with Crippen LogP contribution >= 0.6 is 0 Å². The Morgan fingerprint density at radius 3 is 2.66 bits per heavy atom.